The molecule has 1 aliphatic heterocycles. The number of para-hydroxylation sites is 2. The van der Waals surface area contributed by atoms with Crippen LogP contribution < -0.4 is 15.0 Å². The van der Waals surface area contributed by atoms with Gasteiger partial charge in [-0.1, -0.05) is 74.3 Å². The maximum atomic E-state index is 13.2. The van der Waals surface area contributed by atoms with Gasteiger partial charge in [0, 0.05) is 12.1 Å². The Morgan fingerprint density at radius 1 is 0.972 bits per heavy atom. The molecule has 1 atom stereocenters. The van der Waals surface area contributed by atoms with Gasteiger partial charge in [0.05, 0.1) is 18.0 Å². The summed E-state index contributed by atoms with van der Waals surface area (Å²) in [4.78, 5) is 32.6. The number of amides is 2. The zero-order valence-electron chi connectivity index (χ0n) is 20.4. The van der Waals surface area contributed by atoms with Gasteiger partial charge in [0.15, 0.2) is 5.17 Å². The molecule has 0 aliphatic carbocycles. The Morgan fingerprint density at radius 2 is 1.67 bits per heavy atom. The molecule has 1 N–H and O–H groups in total. The van der Waals surface area contributed by atoms with E-state index in [1.54, 1.807) is 4.90 Å². The fourth-order valence-electron chi connectivity index (χ4n) is 3.82. The van der Waals surface area contributed by atoms with Crippen LogP contribution in [-0.4, -0.2) is 28.8 Å². The molecule has 3 aromatic rings. The van der Waals surface area contributed by atoms with Crippen LogP contribution >= 0.6 is 11.8 Å². The van der Waals surface area contributed by atoms with E-state index in [2.05, 4.69) is 12.2 Å². The molecule has 1 aliphatic rings. The monoisotopic (exact) mass is 501 g/mol. The number of hydrogen-bond acceptors (Lipinski definition) is 5. The van der Waals surface area contributed by atoms with Crippen molar-refractivity contribution in [1.29, 1.82) is 0 Å². The third kappa shape index (κ3) is 6.98. The van der Waals surface area contributed by atoms with Crippen LogP contribution in [0.4, 0.5) is 17.1 Å². The molecule has 6 nitrogen and oxygen atoms in total. The molecule has 0 saturated carbocycles. The van der Waals surface area contributed by atoms with Crippen molar-refractivity contribution in [2.24, 2.45) is 4.99 Å². The fraction of sp³-hybridized carbons (Fsp3) is 0.276. The predicted octanol–water partition coefficient (Wildman–Crippen LogP) is 6.81. The molecule has 186 valence electrons. The van der Waals surface area contributed by atoms with E-state index in [0.29, 0.717) is 17.5 Å². The van der Waals surface area contributed by atoms with Crippen molar-refractivity contribution >= 4 is 45.8 Å². The van der Waals surface area contributed by atoms with Crippen molar-refractivity contribution < 1.29 is 14.3 Å². The second kappa shape index (κ2) is 12.9. The van der Waals surface area contributed by atoms with Crippen molar-refractivity contribution in [2.45, 2.75) is 44.3 Å². The first kappa shape index (κ1) is 25.5. The van der Waals surface area contributed by atoms with Crippen molar-refractivity contribution in [3.8, 4) is 5.75 Å². The van der Waals surface area contributed by atoms with Crippen LogP contribution in [0, 0.1) is 0 Å². The van der Waals surface area contributed by atoms with Gasteiger partial charge in [-0.3, -0.25) is 14.5 Å². The fourth-order valence-corrected chi connectivity index (χ4v) is 4.94. The van der Waals surface area contributed by atoms with Gasteiger partial charge < -0.3 is 10.1 Å². The molecule has 0 spiro atoms. The molecular formula is C29H31N3O3S. The number of nitrogens with zero attached hydrogens (tertiary/aromatic N) is 2. The van der Waals surface area contributed by atoms with E-state index in [1.165, 1.54) is 31.0 Å². The van der Waals surface area contributed by atoms with E-state index >= 15 is 0 Å². The van der Waals surface area contributed by atoms with Gasteiger partial charge in [-0.25, -0.2) is 4.99 Å². The van der Waals surface area contributed by atoms with E-state index in [1.807, 2.05) is 84.9 Å². The number of nitrogens with one attached hydrogen (secondary N) is 1. The minimum atomic E-state index is -0.589. The molecule has 1 heterocycles. The normalized spacial score (nSPS) is 16.7. The Bertz CT molecular complexity index is 1170. The predicted molar refractivity (Wildman–Crippen MR) is 148 cm³/mol. The average molecular weight is 502 g/mol. The first-order chi connectivity index (χ1) is 17.6. The van der Waals surface area contributed by atoms with E-state index in [-0.39, 0.29) is 18.2 Å². The lowest BCUT2D eigenvalue weighted by atomic mass is 10.2. The van der Waals surface area contributed by atoms with Crippen molar-refractivity contribution in [3.05, 3.63) is 84.9 Å². The Balaban J connectivity index is 1.44. The Morgan fingerprint density at radius 3 is 2.36 bits per heavy atom. The van der Waals surface area contributed by atoms with E-state index in [9.17, 15) is 9.59 Å². The van der Waals surface area contributed by atoms with Crippen LogP contribution in [0.15, 0.2) is 89.9 Å². The van der Waals surface area contributed by atoms with Crippen LogP contribution in [-0.2, 0) is 9.59 Å². The molecule has 7 heteroatoms. The molecular weight excluding hydrogens is 470 g/mol. The van der Waals surface area contributed by atoms with Crippen LogP contribution in [0.25, 0.3) is 0 Å². The second-order valence-corrected chi connectivity index (χ2v) is 9.70. The molecule has 0 unspecified atom stereocenters. The Kier molecular flexibility index (Phi) is 9.16. The van der Waals surface area contributed by atoms with Crippen molar-refractivity contribution in [3.63, 3.8) is 0 Å². The molecule has 3 aromatic carbocycles. The first-order valence-electron chi connectivity index (χ1n) is 12.4. The van der Waals surface area contributed by atoms with Gasteiger partial charge >= 0.3 is 0 Å². The molecule has 0 bridgehead atoms. The smallest absolute Gasteiger partial charge is 0.238 e. The lowest BCUT2D eigenvalue weighted by molar-refractivity contribution is -0.121. The standard InChI is InChI=1S/C29H31N3O3S/c1-2-3-4-11-20-35-25-18-16-23(17-19-25)30-28(34)26-21-27(33)32(24-14-9-6-10-15-24)29(36-26)31-22-12-7-5-8-13-22/h5-10,12-19,26H,2-4,11,20-21H2,1H3,(H,30,34)/t26-/m1/s1. The Labute approximate surface area is 216 Å². The number of benzene rings is 3. The quantitative estimate of drug-likeness (QED) is 0.310. The topological polar surface area (TPSA) is 71.0 Å². The minimum Gasteiger partial charge on any atom is -0.494 e. The number of unbranched alkanes of at least 4 members (excludes halogenated alkanes) is 3. The van der Waals surface area contributed by atoms with E-state index < -0.39 is 5.25 Å². The number of ether oxygens (including phenoxy) is 1. The molecule has 2 amide bonds. The lowest BCUT2D eigenvalue weighted by Gasteiger charge is -2.31. The number of anilines is 2. The van der Waals surface area contributed by atoms with Crippen LogP contribution in [0.2, 0.25) is 0 Å². The van der Waals surface area contributed by atoms with Gasteiger partial charge in [0.1, 0.15) is 11.0 Å². The zero-order valence-corrected chi connectivity index (χ0v) is 21.2. The minimum absolute atomic E-state index is 0.0815. The van der Waals surface area contributed by atoms with Gasteiger partial charge in [0.25, 0.3) is 0 Å². The number of thioether (sulfide) groups is 1. The molecule has 4 rings (SSSR count). The number of hydrogen-bond donors (Lipinski definition) is 1. The third-order valence-electron chi connectivity index (χ3n) is 5.72. The lowest BCUT2D eigenvalue weighted by Crippen LogP contribution is -2.45. The number of carbonyl (C=O) groups excluding carboxylic acids is 2. The molecule has 1 saturated heterocycles. The van der Waals surface area contributed by atoms with E-state index in [0.717, 1.165) is 23.5 Å². The van der Waals surface area contributed by atoms with Gasteiger partial charge in [-0.05, 0) is 55.0 Å². The van der Waals surface area contributed by atoms with Crippen LogP contribution in [0.3, 0.4) is 0 Å². The summed E-state index contributed by atoms with van der Waals surface area (Å²) < 4.78 is 5.78. The van der Waals surface area contributed by atoms with Gasteiger partial charge in [0.2, 0.25) is 11.8 Å². The maximum absolute atomic E-state index is 13.2. The highest BCUT2D eigenvalue weighted by Gasteiger charge is 2.36. The number of rotatable bonds is 10. The summed E-state index contributed by atoms with van der Waals surface area (Å²) in [5, 5.41) is 2.83. The van der Waals surface area contributed by atoms with Crippen molar-refractivity contribution in [2.75, 3.05) is 16.8 Å². The SMILES string of the molecule is CCCCCCOc1ccc(NC(=O)[C@H]2CC(=O)N(c3ccccc3)C(=Nc3ccccc3)S2)cc1. The summed E-state index contributed by atoms with van der Waals surface area (Å²) in [5.74, 6) is 0.388. The van der Waals surface area contributed by atoms with Crippen LogP contribution in [0.5, 0.6) is 5.75 Å². The van der Waals surface area contributed by atoms with Crippen molar-refractivity contribution in [1.82, 2.24) is 0 Å². The van der Waals surface area contributed by atoms with E-state index in [4.69, 9.17) is 9.73 Å². The highest BCUT2D eigenvalue weighted by atomic mass is 32.2. The summed E-state index contributed by atoms with van der Waals surface area (Å²) in [6.45, 7) is 2.87. The summed E-state index contributed by atoms with van der Waals surface area (Å²) in [6.07, 6.45) is 4.70. The van der Waals surface area contributed by atoms with Gasteiger partial charge in [-0.2, -0.15) is 0 Å². The highest BCUT2D eigenvalue weighted by Crippen LogP contribution is 2.33. The molecule has 0 radical (unpaired) electrons. The molecule has 1 fully saturated rings. The zero-order chi connectivity index (χ0) is 25.2. The third-order valence-corrected chi connectivity index (χ3v) is 6.87. The number of aliphatic imine (C=N–C) groups is 1. The van der Waals surface area contributed by atoms with Gasteiger partial charge in [-0.15, -0.1) is 0 Å². The molecule has 0 aromatic heterocycles. The summed E-state index contributed by atoms with van der Waals surface area (Å²) >= 11 is 1.30. The first-order valence-corrected chi connectivity index (χ1v) is 13.2. The largest absolute Gasteiger partial charge is 0.494 e. The number of amidine groups is 1. The Hall–Kier alpha value is -3.58. The number of carbonyl (C=O) groups is 2. The maximum Gasteiger partial charge on any atom is 0.238 e. The second-order valence-electron chi connectivity index (χ2n) is 8.53. The highest BCUT2D eigenvalue weighted by molar-refractivity contribution is 8.15. The summed E-state index contributed by atoms with van der Waals surface area (Å²) in [6, 6.07) is 26.2. The average Bonchev–Trinajstić information content (AvgIpc) is 2.90. The molecule has 36 heavy (non-hydrogen) atoms. The summed E-state index contributed by atoms with van der Waals surface area (Å²) in [7, 11) is 0. The van der Waals surface area contributed by atoms with Crippen LogP contribution in [0.1, 0.15) is 39.0 Å². The summed E-state index contributed by atoms with van der Waals surface area (Å²) in [5.41, 5.74) is 2.12.